The van der Waals surface area contributed by atoms with Crippen molar-refractivity contribution in [3.8, 4) is 0 Å². The van der Waals surface area contributed by atoms with Crippen LogP contribution in [-0.4, -0.2) is 26.8 Å². The van der Waals surface area contributed by atoms with Crippen molar-refractivity contribution in [1.82, 2.24) is 25.1 Å². The number of rotatable bonds is 4. The Morgan fingerprint density at radius 3 is 3.00 bits per heavy atom. The Bertz CT molecular complexity index is 700. The fourth-order valence-electron chi connectivity index (χ4n) is 2.19. The summed E-state index contributed by atoms with van der Waals surface area (Å²) in [5.41, 5.74) is 2.14. The number of hydrogen-bond acceptors (Lipinski definition) is 5. The molecule has 3 rings (SSSR count). The van der Waals surface area contributed by atoms with E-state index < -0.39 is 0 Å². The van der Waals surface area contributed by atoms with Crippen LogP contribution >= 0.6 is 0 Å². The number of nitrogens with zero attached hydrogens (tertiary/aromatic N) is 4. The predicted octanol–water partition coefficient (Wildman–Crippen LogP) is 1.50. The first-order chi connectivity index (χ1) is 9.28. The minimum Gasteiger partial charge on any atom is -0.424 e. The lowest BCUT2D eigenvalue weighted by atomic mass is 10.2. The first kappa shape index (κ1) is 11.9. The molecule has 6 nitrogen and oxygen atoms in total. The molecule has 3 aromatic heterocycles. The van der Waals surface area contributed by atoms with E-state index in [4.69, 9.17) is 4.42 Å². The van der Waals surface area contributed by atoms with Gasteiger partial charge in [-0.15, -0.1) is 10.2 Å². The summed E-state index contributed by atoms with van der Waals surface area (Å²) in [7, 11) is 1.93. The van der Waals surface area contributed by atoms with E-state index in [1.165, 1.54) is 5.56 Å². The number of fused-ring (bicyclic) bond motifs is 1. The van der Waals surface area contributed by atoms with Gasteiger partial charge in [0.05, 0.1) is 0 Å². The zero-order valence-electron chi connectivity index (χ0n) is 10.9. The molecule has 0 amide bonds. The minimum absolute atomic E-state index is 0.540. The second kappa shape index (κ2) is 4.81. The second-order valence-corrected chi connectivity index (χ2v) is 4.40. The molecule has 6 heteroatoms. The molecule has 19 heavy (non-hydrogen) atoms. The van der Waals surface area contributed by atoms with E-state index in [0.29, 0.717) is 18.3 Å². The molecule has 0 spiro atoms. The molecule has 3 aromatic rings. The summed E-state index contributed by atoms with van der Waals surface area (Å²) in [6.07, 6.45) is 3.87. The summed E-state index contributed by atoms with van der Waals surface area (Å²) >= 11 is 0. The van der Waals surface area contributed by atoms with Gasteiger partial charge in [-0.25, -0.2) is 4.98 Å². The number of aromatic nitrogens is 4. The average molecular weight is 257 g/mol. The summed E-state index contributed by atoms with van der Waals surface area (Å²) in [4.78, 5) is 4.43. The zero-order chi connectivity index (χ0) is 13.2. The summed E-state index contributed by atoms with van der Waals surface area (Å²) in [6, 6.07) is 4.02. The fourth-order valence-corrected chi connectivity index (χ4v) is 2.19. The molecule has 1 N–H and O–H groups in total. The third-order valence-electron chi connectivity index (χ3n) is 2.96. The van der Waals surface area contributed by atoms with Crippen molar-refractivity contribution >= 4 is 11.0 Å². The van der Waals surface area contributed by atoms with Crippen LogP contribution in [-0.2, 0) is 13.1 Å². The number of nitrogens with one attached hydrogen (secondary N) is 1. The van der Waals surface area contributed by atoms with E-state index in [1.807, 2.05) is 17.7 Å². The van der Waals surface area contributed by atoms with Crippen LogP contribution in [0, 0.1) is 6.92 Å². The highest BCUT2D eigenvalue weighted by Crippen LogP contribution is 2.20. The molecule has 0 aromatic carbocycles. The molecule has 0 radical (unpaired) electrons. The molecule has 0 aliphatic heterocycles. The first-order valence-electron chi connectivity index (χ1n) is 6.14. The van der Waals surface area contributed by atoms with Crippen LogP contribution in [0.5, 0.6) is 0 Å². The zero-order valence-corrected chi connectivity index (χ0v) is 10.9. The van der Waals surface area contributed by atoms with Crippen molar-refractivity contribution in [3.05, 3.63) is 41.9 Å². The van der Waals surface area contributed by atoms with E-state index >= 15 is 0 Å². The quantitative estimate of drug-likeness (QED) is 0.767. The Morgan fingerprint density at radius 2 is 2.26 bits per heavy atom. The van der Waals surface area contributed by atoms with Gasteiger partial charge >= 0.3 is 0 Å². The lowest BCUT2D eigenvalue weighted by molar-refractivity contribution is 0.456. The standard InChI is InChI=1S/C13H15N5O/c1-9-16-17-12(19-9)8-18-7-10(6-14-2)11-4-3-5-15-13(11)18/h3-5,7,14H,6,8H2,1-2H3. The van der Waals surface area contributed by atoms with Gasteiger partial charge in [0.2, 0.25) is 11.8 Å². The van der Waals surface area contributed by atoms with E-state index in [1.54, 1.807) is 13.1 Å². The van der Waals surface area contributed by atoms with Crippen LogP contribution in [0.25, 0.3) is 11.0 Å². The van der Waals surface area contributed by atoms with Crippen molar-refractivity contribution < 1.29 is 4.42 Å². The molecule has 0 saturated carbocycles. The van der Waals surface area contributed by atoms with Gasteiger partial charge in [0, 0.05) is 31.2 Å². The lowest BCUT2D eigenvalue weighted by Crippen LogP contribution is -2.04. The summed E-state index contributed by atoms with van der Waals surface area (Å²) in [5, 5.41) is 12.2. The van der Waals surface area contributed by atoms with Crippen LogP contribution in [0.2, 0.25) is 0 Å². The Kier molecular flexibility index (Phi) is 3.00. The minimum atomic E-state index is 0.540. The smallest absolute Gasteiger partial charge is 0.236 e. The highest BCUT2D eigenvalue weighted by atomic mass is 16.4. The molecular weight excluding hydrogens is 242 g/mol. The molecule has 0 atom stereocenters. The largest absolute Gasteiger partial charge is 0.424 e. The molecular formula is C13H15N5O. The van der Waals surface area contributed by atoms with Crippen LogP contribution < -0.4 is 5.32 Å². The monoisotopic (exact) mass is 257 g/mol. The molecule has 0 bridgehead atoms. The summed E-state index contributed by atoms with van der Waals surface area (Å²) in [5.74, 6) is 1.17. The second-order valence-electron chi connectivity index (χ2n) is 4.40. The maximum Gasteiger partial charge on any atom is 0.236 e. The third-order valence-corrected chi connectivity index (χ3v) is 2.96. The van der Waals surface area contributed by atoms with Gasteiger partial charge < -0.3 is 14.3 Å². The maximum absolute atomic E-state index is 5.42. The third kappa shape index (κ3) is 2.22. The Hall–Kier alpha value is -2.21. The average Bonchev–Trinajstić information content (AvgIpc) is 2.97. The number of hydrogen-bond donors (Lipinski definition) is 1. The van der Waals surface area contributed by atoms with E-state index in [2.05, 4.69) is 32.8 Å². The van der Waals surface area contributed by atoms with Crippen molar-refractivity contribution in [3.63, 3.8) is 0 Å². The van der Waals surface area contributed by atoms with Crippen LogP contribution in [0.15, 0.2) is 28.9 Å². The number of aryl methyl sites for hydroxylation is 1. The highest BCUT2D eigenvalue weighted by molar-refractivity contribution is 5.80. The van der Waals surface area contributed by atoms with Gasteiger partial charge in [-0.1, -0.05) is 0 Å². The topological polar surface area (TPSA) is 68.8 Å². The van der Waals surface area contributed by atoms with Crippen LogP contribution in [0.4, 0.5) is 0 Å². The van der Waals surface area contributed by atoms with Crippen LogP contribution in [0.1, 0.15) is 17.3 Å². The van der Waals surface area contributed by atoms with Gasteiger partial charge in [-0.2, -0.15) is 0 Å². The van der Waals surface area contributed by atoms with Crippen molar-refractivity contribution in [2.75, 3.05) is 7.05 Å². The summed E-state index contributed by atoms with van der Waals surface area (Å²) < 4.78 is 7.46. The van der Waals surface area contributed by atoms with Gasteiger partial charge in [-0.3, -0.25) is 0 Å². The molecule has 0 aliphatic rings. The Labute approximate surface area is 110 Å². The molecule has 98 valence electrons. The lowest BCUT2D eigenvalue weighted by Gasteiger charge is -1.99. The first-order valence-corrected chi connectivity index (χ1v) is 6.14. The van der Waals surface area contributed by atoms with Gasteiger partial charge in [0.25, 0.3) is 0 Å². The van der Waals surface area contributed by atoms with Crippen molar-refractivity contribution in [1.29, 1.82) is 0 Å². The van der Waals surface area contributed by atoms with Gasteiger partial charge in [-0.05, 0) is 24.7 Å². The molecule has 3 heterocycles. The Balaban J connectivity index is 2.03. The molecule has 0 aliphatic carbocycles. The van der Waals surface area contributed by atoms with Gasteiger partial charge in [0.15, 0.2) is 0 Å². The predicted molar refractivity (Wildman–Crippen MR) is 70.6 cm³/mol. The van der Waals surface area contributed by atoms with E-state index in [9.17, 15) is 0 Å². The van der Waals surface area contributed by atoms with Crippen LogP contribution in [0.3, 0.4) is 0 Å². The highest BCUT2D eigenvalue weighted by Gasteiger charge is 2.11. The fraction of sp³-hybridized carbons (Fsp3) is 0.308. The molecule has 0 fully saturated rings. The molecule has 0 unspecified atom stereocenters. The SMILES string of the molecule is CNCc1cn(Cc2nnc(C)o2)c2ncccc12. The van der Waals surface area contributed by atoms with Gasteiger partial charge in [0.1, 0.15) is 12.2 Å². The summed E-state index contributed by atoms with van der Waals surface area (Å²) in [6.45, 7) is 3.13. The van der Waals surface area contributed by atoms with E-state index in [0.717, 1.165) is 17.6 Å². The Morgan fingerprint density at radius 1 is 1.37 bits per heavy atom. The molecule has 0 saturated heterocycles. The normalized spacial score (nSPS) is 11.3. The maximum atomic E-state index is 5.42. The van der Waals surface area contributed by atoms with E-state index in [-0.39, 0.29) is 0 Å². The van der Waals surface area contributed by atoms with Crippen molar-refractivity contribution in [2.45, 2.75) is 20.0 Å². The number of pyridine rings is 1. The van der Waals surface area contributed by atoms with Crippen molar-refractivity contribution in [2.24, 2.45) is 0 Å².